The molecule has 5 aromatic rings. The number of nitrogen functional groups attached to an aromatic ring is 1. The van der Waals surface area contributed by atoms with Gasteiger partial charge in [0.15, 0.2) is 10.1 Å². The minimum atomic E-state index is -6.09. The number of aromatic nitrogens is 2. The molecule has 0 fully saturated rings. The molecule has 0 aliphatic heterocycles. The molecule has 2 aromatic heterocycles. The summed E-state index contributed by atoms with van der Waals surface area (Å²) in [7, 11) is -4.40. The molecule has 186 valence electrons. The summed E-state index contributed by atoms with van der Waals surface area (Å²) in [6, 6.07) is 26.7. The van der Waals surface area contributed by atoms with E-state index in [2.05, 4.69) is 41.4 Å². The summed E-state index contributed by atoms with van der Waals surface area (Å²) in [6.45, 7) is 0. The van der Waals surface area contributed by atoms with Gasteiger partial charge in [0.1, 0.15) is 5.75 Å². The number of nitrogens with two attached hydrogens (primary N) is 1. The fourth-order valence-electron chi connectivity index (χ4n) is 3.92. The summed E-state index contributed by atoms with van der Waals surface area (Å²) >= 11 is 0. The van der Waals surface area contributed by atoms with Gasteiger partial charge < -0.3 is 14.3 Å². The molecule has 0 aliphatic rings. The lowest BCUT2D eigenvalue weighted by Crippen LogP contribution is -2.48. The number of pyridine rings is 1. The molecule has 0 saturated carbocycles. The van der Waals surface area contributed by atoms with E-state index in [9.17, 15) is 13.2 Å². The van der Waals surface area contributed by atoms with Crippen molar-refractivity contribution >= 4 is 31.8 Å². The van der Waals surface area contributed by atoms with Crippen LogP contribution in [0.1, 0.15) is 0 Å². The van der Waals surface area contributed by atoms with E-state index < -0.39 is 15.6 Å². The maximum atomic E-state index is 10.7. The zero-order valence-corrected chi connectivity index (χ0v) is 19.6. The first-order chi connectivity index (χ1) is 17.0. The van der Waals surface area contributed by atoms with Gasteiger partial charge in [0.05, 0.1) is 23.4 Å². The Morgan fingerprint density at radius 1 is 0.972 bits per heavy atom. The molecule has 0 bridgehead atoms. The van der Waals surface area contributed by atoms with E-state index in [0.717, 1.165) is 49.9 Å². The Balaban J connectivity index is 0.000000331. The van der Waals surface area contributed by atoms with Gasteiger partial charge in [-0.1, -0.05) is 47.1 Å². The van der Waals surface area contributed by atoms with E-state index >= 15 is 0 Å². The van der Waals surface area contributed by atoms with E-state index in [-0.39, 0.29) is 0 Å². The van der Waals surface area contributed by atoms with Crippen molar-refractivity contribution in [2.24, 2.45) is 0 Å². The quantitative estimate of drug-likeness (QED) is 0.156. The van der Waals surface area contributed by atoms with Crippen LogP contribution in [-0.2, 0) is 10.1 Å². The lowest BCUT2D eigenvalue weighted by Gasteiger charge is -2.09. The molecular weight excluding hydrogens is 495 g/mol. The highest BCUT2D eigenvalue weighted by Crippen LogP contribution is 2.37. The number of fused-ring (bicyclic) bond motifs is 2. The molecule has 0 amide bonds. The number of nitrogens with one attached hydrogen (secondary N) is 1. The fraction of sp³-hybridized carbons (Fsp3) is 0.0800. The Bertz CT molecular complexity index is 1650. The van der Waals surface area contributed by atoms with Crippen molar-refractivity contribution in [1.82, 2.24) is 4.98 Å². The SMILES string of the molecule is COc1cccc2[nH]cc(-c3c4ccccc4cc(-c4ccccc4)[n+]3N)c12.O=S(=O)([O-])C(F)(F)F. The minimum absolute atomic E-state index is 0.822. The second kappa shape index (κ2) is 9.51. The number of hydrogen-bond donors (Lipinski definition) is 2. The molecule has 0 spiro atoms. The van der Waals surface area contributed by atoms with Crippen LogP contribution in [0.15, 0.2) is 85.1 Å². The summed E-state index contributed by atoms with van der Waals surface area (Å²) in [5.41, 5.74) is -0.630. The Labute approximate surface area is 204 Å². The summed E-state index contributed by atoms with van der Waals surface area (Å²) in [5, 5.41) is 3.26. The molecule has 3 N–H and O–H groups in total. The first kappa shape index (κ1) is 25.0. The summed E-state index contributed by atoms with van der Waals surface area (Å²) in [6.07, 6.45) is 2.01. The number of aromatic amines is 1. The van der Waals surface area contributed by atoms with Crippen molar-refractivity contribution in [2.45, 2.75) is 5.51 Å². The van der Waals surface area contributed by atoms with Crippen LogP contribution in [0.5, 0.6) is 5.75 Å². The number of H-pyrrole nitrogens is 1. The van der Waals surface area contributed by atoms with Crippen LogP contribution in [0, 0.1) is 0 Å². The number of ether oxygens (including phenoxy) is 1. The van der Waals surface area contributed by atoms with Crippen LogP contribution in [0.4, 0.5) is 13.2 Å². The number of hydrogen-bond acceptors (Lipinski definition) is 5. The van der Waals surface area contributed by atoms with Crippen LogP contribution in [0.3, 0.4) is 0 Å². The van der Waals surface area contributed by atoms with Crippen molar-refractivity contribution in [2.75, 3.05) is 13.0 Å². The van der Waals surface area contributed by atoms with Crippen molar-refractivity contribution in [3.8, 4) is 28.3 Å². The number of methoxy groups -OCH3 is 1. The van der Waals surface area contributed by atoms with Gasteiger partial charge in [-0.2, -0.15) is 13.2 Å². The smallest absolute Gasteiger partial charge is 0.485 e. The molecule has 5 rings (SSSR count). The van der Waals surface area contributed by atoms with Crippen LogP contribution in [0.25, 0.3) is 44.2 Å². The van der Waals surface area contributed by atoms with E-state index in [1.807, 2.05) is 48.7 Å². The minimum Gasteiger partial charge on any atom is -0.741 e. The highest BCUT2D eigenvalue weighted by atomic mass is 32.2. The zero-order valence-electron chi connectivity index (χ0n) is 18.8. The van der Waals surface area contributed by atoms with E-state index in [4.69, 9.17) is 23.6 Å². The average Bonchev–Trinajstić information content (AvgIpc) is 3.27. The predicted molar refractivity (Wildman–Crippen MR) is 129 cm³/mol. The molecule has 0 radical (unpaired) electrons. The van der Waals surface area contributed by atoms with E-state index in [1.165, 1.54) is 0 Å². The van der Waals surface area contributed by atoms with Crippen molar-refractivity contribution in [3.05, 3.63) is 85.1 Å². The molecule has 3 aromatic carbocycles. The van der Waals surface area contributed by atoms with Crippen molar-refractivity contribution in [1.29, 1.82) is 0 Å². The summed E-state index contributed by atoms with van der Waals surface area (Å²) in [5.74, 6) is 7.54. The summed E-state index contributed by atoms with van der Waals surface area (Å²) in [4.78, 5) is 3.36. The van der Waals surface area contributed by atoms with Gasteiger partial charge in [0.2, 0.25) is 5.69 Å². The van der Waals surface area contributed by atoms with Crippen LogP contribution < -0.4 is 15.3 Å². The number of rotatable bonds is 3. The monoisotopic (exact) mass is 515 g/mol. The highest BCUT2D eigenvalue weighted by molar-refractivity contribution is 7.86. The topological polar surface area (TPSA) is 112 Å². The number of nitrogens with zero attached hydrogens (tertiary/aromatic N) is 1. The molecule has 7 nitrogen and oxygen atoms in total. The second-order valence-electron chi connectivity index (χ2n) is 7.69. The molecule has 11 heteroatoms. The van der Waals surface area contributed by atoms with Gasteiger partial charge in [0.25, 0.3) is 5.69 Å². The van der Waals surface area contributed by atoms with Crippen molar-refractivity contribution < 1.29 is 35.6 Å². The van der Waals surface area contributed by atoms with Gasteiger partial charge >= 0.3 is 5.51 Å². The predicted octanol–water partition coefficient (Wildman–Crippen LogP) is 4.72. The summed E-state index contributed by atoms with van der Waals surface area (Å²) < 4.78 is 66.3. The average molecular weight is 516 g/mol. The number of halogens is 3. The molecular formula is C25H20F3N3O4S. The Kier molecular flexibility index (Phi) is 6.61. The van der Waals surface area contributed by atoms with Crippen LogP contribution in [-0.4, -0.2) is 30.6 Å². The van der Waals surface area contributed by atoms with Gasteiger partial charge in [-0.05, 0) is 35.7 Å². The first-order valence-electron chi connectivity index (χ1n) is 10.5. The second-order valence-corrected chi connectivity index (χ2v) is 9.06. The van der Waals surface area contributed by atoms with Gasteiger partial charge in [-0.3, -0.25) is 0 Å². The normalized spacial score (nSPS) is 11.8. The maximum absolute atomic E-state index is 10.7. The Morgan fingerprint density at radius 2 is 1.61 bits per heavy atom. The lowest BCUT2D eigenvalue weighted by atomic mass is 10.00. The number of benzene rings is 3. The highest BCUT2D eigenvalue weighted by Gasteiger charge is 2.37. The third kappa shape index (κ3) is 4.70. The van der Waals surface area contributed by atoms with E-state index in [0.29, 0.717) is 0 Å². The van der Waals surface area contributed by atoms with Gasteiger partial charge in [0, 0.05) is 23.3 Å². The third-order valence-electron chi connectivity index (χ3n) is 5.50. The fourth-order valence-corrected chi connectivity index (χ4v) is 3.92. The molecule has 2 heterocycles. The third-order valence-corrected chi connectivity index (χ3v) is 6.07. The molecule has 0 unspecified atom stereocenters. The lowest BCUT2D eigenvalue weighted by molar-refractivity contribution is -0.614. The largest absolute Gasteiger partial charge is 0.741 e. The zero-order chi connectivity index (χ0) is 26.1. The number of alkyl halides is 3. The molecule has 0 saturated heterocycles. The molecule has 0 aliphatic carbocycles. The van der Waals surface area contributed by atoms with Crippen LogP contribution >= 0.6 is 0 Å². The Hall–Kier alpha value is -4.09. The van der Waals surface area contributed by atoms with E-state index in [1.54, 1.807) is 11.8 Å². The maximum Gasteiger partial charge on any atom is 0.485 e. The van der Waals surface area contributed by atoms with Gasteiger partial charge in [-0.25, -0.2) is 14.3 Å². The van der Waals surface area contributed by atoms with Gasteiger partial charge in [-0.15, -0.1) is 0 Å². The Morgan fingerprint density at radius 3 is 2.25 bits per heavy atom. The first-order valence-corrected chi connectivity index (χ1v) is 11.9. The standard InChI is InChI=1S/C24H19N3O.CHF3O3S/c1-28-22-13-7-12-20-23(22)19(15-26-20)24-18-11-6-5-10-17(18)14-21(27(24)25)16-8-3-2-4-9-16;2-1(3,4)8(5,6)7/h2-15H,25H2,1H3;(H,5,6,7). The molecule has 36 heavy (non-hydrogen) atoms. The van der Waals surface area contributed by atoms with Crippen molar-refractivity contribution in [3.63, 3.8) is 0 Å². The molecule has 0 atom stereocenters. The van der Waals surface area contributed by atoms with Crippen LogP contribution in [0.2, 0.25) is 0 Å².